The summed E-state index contributed by atoms with van der Waals surface area (Å²) < 4.78 is 8.19. The highest BCUT2D eigenvalue weighted by atomic mass is 16.5. The van der Waals surface area contributed by atoms with Crippen molar-refractivity contribution in [2.24, 2.45) is 5.73 Å². The van der Waals surface area contributed by atoms with E-state index in [9.17, 15) is 4.79 Å². The number of H-pyrrole nitrogens is 1. The average Bonchev–Trinajstić information content (AvgIpc) is 3.63. The second-order valence-electron chi connectivity index (χ2n) is 9.87. The third-order valence-electron chi connectivity index (χ3n) is 7.35. The van der Waals surface area contributed by atoms with E-state index in [2.05, 4.69) is 34.7 Å². The minimum Gasteiger partial charge on any atom is -0.457 e. The number of nitrogens with two attached hydrogens (primary N) is 2. The number of pyridine rings is 1. The first-order valence-corrected chi connectivity index (χ1v) is 13.0. The number of carbonyl (C=O) groups is 1. The molecule has 1 fully saturated rings. The van der Waals surface area contributed by atoms with Crippen LogP contribution in [0.4, 0.5) is 5.69 Å². The maximum absolute atomic E-state index is 12.3. The fourth-order valence-electron chi connectivity index (χ4n) is 5.39. The Kier molecular flexibility index (Phi) is 6.39. The summed E-state index contributed by atoms with van der Waals surface area (Å²) in [6.45, 7) is 2.26. The van der Waals surface area contributed by atoms with Gasteiger partial charge < -0.3 is 20.8 Å². The van der Waals surface area contributed by atoms with Crippen LogP contribution in [0, 0.1) is 6.92 Å². The number of aromatic nitrogens is 7. The lowest BCUT2D eigenvalue weighted by molar-refractivity contribution is 0.0996. The van der Waals surface area contributed by atoms with Crippen LogP contribution in [-0.4, -0.2) is 40.6 Å². The maximum atomic E-state index is 12.3. The molecule has 5 aromatic rings. The molecule has 1 aromatic carbocycles. The van der Waals surface area contributed by atoms with Crippen molar-refractivity contribution in [1.82, 2.24) is 34.7 Å². The number of nitrogens with one attached hydrogen (secondary N) is 1. The lowest BCUT2D eigenvalue weighted by Gasteiger charge is -2.24. The number of imidazole rings is 1. The molecule has 0 radical (unpaired) electrons. The number of ether oxygens (including phenoxy) is 1. The summed E-state index contributed by atoms with van der Waals surface area (Å²) in [6.07, 6.45) is 13.1. The van der Waals surface area contributed by atoms with E-state index in [4.69, 9.17) is 16.2 Å². The summed E-state index contributed by atoms with van der Waals surface area (Å²) in [7, 11) is 0. The highest BCUT2D eigenvalue weighted by molar-refractivity contribution is 6.05. The van der Waals surface area contributed by atoms with Crippen molar-refractivity contribution in [3.05, 3.63) is 66.1 Å². The van der Waals surface area contributed by atoms with Crippen LogP contribution < -0.4 is 16.2 Å². The van der Waals surface area contributed by atoms with E-state index >= 15 is 0 Å². The Bertz CT molecular complexity index is 1670. The summed E-state index contributed by atoms with van der Waals surface area (Å²) in [6, 6.07) is 8.06. The van der Waals surface area contributed by atoms with Gasteiger partial charge in [-0.05, 0) is 49.1 Å². The van der Waals surface area contributed by atoms with Crippen LogP contribution in [0.25, 0.3) is 33.4 Å². The van der Waals surface area contributed by atoms with E-state index in [1.54, 1.807) is 24.5 Å². The normalized spacial score (nSPS) is 14.1. The predicted octanol–water partition coefficient (Wildman–Crippen LogP) is 4.35. The fraction of sp³-hybridized carbons (Fsp3) is 0.286. The van der Waals surface area contributed by atoms with Gasteiger partial charge in [0, 0.05) is 23.2 Å². The fourth-order valence-corrected chi connectivity index (χ4v) is 5.39. The number of aryl methyl sites for hydroxylation is 1. The Balaban J connectivity index is 1.34. The highest BCUT2D eigenvalue weighted by Crippen LogP contribution is 2.38. The molecule has 4 aromatic heterocycles. The van der Waals surface area contributed by atoms with Crippen molar-refractivity contribution in [2.75, 3.05) is 5.73 Å². The van der Waals surface area contributed by atoms with Crippen molar-refractivity contribution < 1.29 is 9.53 Å². The molecular formula is C28H29N9O2. The standard InChI is InChI=1S/C28H29N9O2/c1-16-7-8-21-20(13-33-36-21)24(16)19-11-23(34-26(25(19)29)27(30)38)22-9-10-32-28(35-22)39-14-18-12-31-15-37(18)17-5-3-2-4-6-17/h7-13,15,17H,2-6,14,29H2,1H3,(H2,30,38)(H,33,36). The molecule has 4 heterocycles. The zero-order chi connectivity index (χ0) is 26.9. The molecule has 0 bridgehead atoms. The van der Waals surface area contributed by atoms with Crippen molar-refractivity contribution in [1.29, 1.82) is 0 Å². The van der Waals surface area contributed by atoms with Crippen molar-refractivity contribution >= 4 is 22.5 Å². The summed E-state index contributed by atoms with van der Waals surface area (Å²) in [4.78, 5) is 30.0. The van der Waals surface area contributed by atoms with E-state index in [1.165, 1.54) is 19.3 Å². The number of amides is 1. The second kappa shape index (κ2) is 10.2. The first kappa shape index (κ1) is 24.5. The third kappa shape index (κ3) is 4.67. The quantitative estimate of drug-likeness (QED) is 0.283. The summed E-state index contributed by atoms with van der Waals surface area (Å²) in [5.74, 6) is -0.728. The summed E-state index contributed by atoms with van der Waals surface area (Å²) >= 11 is 0. The molecule has 0 atom stereocenters. The Hall–Kier alpha value is -4.80. The largest absolute Gasteiger partial charge is 0.457 e. The molecule has 11 heteroatoms. The monoisotopic (exact) mass is 523 g/mol. The van der Waals surface area contributed by atoms with Crippen LogP contribution in [0.2, 0.25) is 0 Å². The minimum atomic E-state index is -0.728. The molecule has 1 aliphatic rings. The van der Waals surface area contributed by atoms with Gasteiger partial charge in [0.15, 0.2) is 5.69 Å². The topological polar surface area (TPSA) is 164 Å². The Morgan fingerprint density at radius 1 is 1.13 bits per heavy atom. The van der Waals surface area contributed by atoms with Crippen molar-refractivity contribution in [3.8, 4) is 28.5 Å². The number of fused-ring (bicyclic) bond motifs is 1. The average molecular weight is 524 g/mol. The zero-order valence-electron chi connectivity index (χ0n) is 21.6. The van der Waals surface area contributed by atoms with Gasteiger partial charge in [-0.25, -0.2) is 15.0 Å². The second-order valence-corrected chi connectivity index (χ2v) is 9.87. The number of anilines is 1. The lowest BCUT2D eigenvalue weighted by atomic mass is 9.94. The number of rotatable bonds is 7. The van der Waals surface area contributed by atoms with Gasteiger partial charge >= 0.3 is 6.01 Å². The summed E-state index contributed by atoms with van der Waals surface area (Å²) in [5.41, 5.74) is 17.4. The molecule has 0 saturated heterocycles. The number of nitrogens with zero attached hydrogens (tertiary/aromatic N) is 6. The first-order chi connectivity index (χ1) is 19.0. The van der Waals surface area contributed by atoms with Gasteiger partial charge in [-0.15, -0.1) is 0 Å². The van der Waals surface area contributed by atoms with E-state index in [0.717, 1.165) is 40.6 Å². The van der Waals surface area contributed by atoms with Gasteiger partial charge in [-0.3, -0.25) is 9.89 Å². The molecule has 11 nitrogen and oxygen atoms in total. The number of benzene rings is 1. The molecular weight excluding hydrogens is 494 g/mol. The number of hydrogen-bond donors (Lipinski definition) is 3. The van der Waals surface area contributed by atoms with Crippen LogP contribution >= 0.6 is 0 Å². The molecule has 1 amide bonds. The molecule has 0 unspecified atom stereocenters. The molecule has 1 aliphatic carbocycles. The number of primary amides is 1. The minimum absolute atomic E-state index is 0.0279. The SMILES string of the molecule is Cc1ccc2[nH]ncc2c1-c1cc(-c2ccnc(OCc3cncn3C3CCCCC3)n2)nc(C(N)=O)c1N. The molecule has 39 heavy (non-hydrogen) atoms. The van der Waals surface area contributed by atoms with E-state index in [-0.39, 0.29) is 24.0 Å². The van der Waals surface area contributed by atoms with Crippen LogP contribution in [0.5, 0.6) is 6.01 Å². The van der Waals surface area contributed by atoms with Gasteiger partial charge in [0.25, 0.3) is 5.91 Å². The van der Waals surface area contributed by atoms with Crippen molar-refractivity contribution in [3.63, 3.8) is 0 Å². The Morgan fingerprint density at radius 3 is 2.79 bits per heavy atom. The Morgan fingerprint density at radius 2 is 1.97 bits per heavy atom. The summed E-state index contributed by atoms with van der Waals surface area (Å²) in [5, 5.41) is 8.02. The molecule has 0 spiro atoms. The van der Waals surface area contributed by atoms with Gasteiger partial charge in [-0.2, -0.15) is 10.1 Å². The van der Waals surface area contributed by atoms with E-state index in [0.29, 0.717) is 23.0 Å². The molecule has 0 aliphatic heterocycles. The van der Waals surface area contributed by atoms with Crippen molar-refractivity contribution in [2.45, 2.75) is 51.7 Å². The molecule has 5 N–H and O–H groups in total. The van der Waals surface area contributed by atoms with Gasteiger partial charge in [-0.1, -0.05) is 25.3 Å². The lowest BCUT2D eigenvalue weighted by Crippen LogP contribution is -2.17. The van der Waals surface area contributed by atoms with E-state index < -0.39 is 5.91 Å². The van der Waals surface area contributed by atoms with E-state index in [1.807, 2.05) is 31.6 Å². The third-order valence-corrected chi connectivity index (χ3v) is 7.35. The Labute approximate surface area is 224 Å². The smallest absolute Gasteiger partial charge is 0.317 e. The number of carbonyl (C=O) groups excluding carboxylic acids is 1. The van der Waals surface area contributed by atoms with Crippen LogP contribution in [0.15, 0.2) is 49.2 Å². The molecule has 1 saturated carbocycles. The van der Waals surface area contributed by atoms with Gasteiger partial charge in [0.1, 0.15) is 6.61 Å². The van der Waals surface area contributed by atoms with Gasteiger partial charge in [0.2, 0.25) is 0 Å². The molecule has 6 rings (SSSR count). The van der Waals surface area contributed by atoms with Crippen LogP contribution in [0.3, 0.4) is 0 Å². The highest BCUT2D eigenvalue weighted by Gasteiger charge is 2.21. The van der Waals surface area contributed by atoms with Crippen LogP contribution in [0.1, 0.15) is 59.9 Å². The maximum Gasteiger partial charge on any atom is 0.317 e. The van der Waals surface area contributed by atoms with Gasteiger partial charge in [0.05, 0.1) is 47.0 Å². The number of aromatic amines is 1. The molecule has 198 valence electrons. The zero-order valence-corrected chi connectivity index (χ0v) is 21.6. The first-order valence-electron chi connectivity index (χ1n) is 13.0. The number of nitrogen functional groups attached to an aromatic ring is 1. The van der Waals surface area contributed by atoms with Crippen LogP contribution in [-0.2, 0) is 6.61 Å². The predicted molar refractivity (Wildman–Crippen MR) is 147 cm³/mol. The number of hydrogen-bond acceptors (Lipinski definition) is 8.